The zero-order valence-electron chi connectivity index (χ0n) is 10.5. The van der Waals surface area contributed by atoms with Crippen molar-refractivity contribution in [1.82, 2.24) is 0 Å². The Hall–Kier alpha value is -0.533. The number of thiol groups is 1. The molecule has 0 amide bonds. The van der Waals surface area contributed by atoms with Crippen LogP contribution in [0.5, 0.6) is 0 Å². The maximum absolute atomic E-state index is 12.0. The summed E-state index contributed by atoms with van der Waals surface area (Å²) in [5, 5.41) is 11.7. The van der Waals surface area contributed by atoms with Crippen LogP contribution < -0.4 is 24.0 Å². The number of benzene rings is 1. The van der Waals surface area contributed by atoms with Gasteiger partial charge in [0.25, 0.3) is 0 Å². The molecule has 0 fully saturated rings. The van der Waals surface area contributed by atoms with E-state index in [0.29, 0.717) is 4.90 Å². The molecule has 1 aromatic carbocycles. The van der Waals surface area contributed by atoms with Crippen LogP contribution in [0.15, 0.2) is 34.6 Å². The average Bonchev–Trinajstić information content (AvgIpc) is 2.30. The maximum atomic E-state index is 12.0. The maximum Gasteiger partial charge on any atom is 1.00 e. The predicted molar refractivity (Wildman–Crippen MR) is 67.4 cm³/mol. The molecule has 0 aromatic heterocycles. The van der Waals surface area contributed by atoms with Crippen LogP contribution in [-0.2, 0) is 4.74 Å². The van der Waals surface area contributed by atoms with E-state index in [1.165, 1.54) is 13.0 Å². The Morgan fingerprint density at radius 1 is 1.50 bits per heavy atom. The minimum absolute atomic E-state index is 0. The summed E-state index contributed by atoms with van der Waals surface area (Å²) in [5.41, 5.74) is 0.261. The van der Waals surface area contributed by atoms with Crippen molar-refractivity contribution >= 4 is 30.0 Å². The topological polar surface area (TPSA) is 49.4 Å². The van der Waals surface area contributed by atoms with Gasteiger partial charge in [0.05, 0.1) is 11.0 Å². The number of hydrogen-bond acceptors (Lipinski definition) is 4. The van der Waals surface area contributed by atoms with Crippen molar-refractivity contribution in [3.63, 3.8) is 0 Å². The van der Waals surface area contributed by atoms with Gasteiger partial charge in [-0.3, -0.25) is 4.79 Å². The summed E-state index contributed by atoms with van der Waals surface area (Å²) < 4.78 is 4.76. The van der Waals surface area contributed by atoms with E-state index in [4.69, 9.17) is 16.3 Å². The zero-order valence-corrected chi connectivity index (χ0v) is 12.1. The third-order valence-electron chi connectivity index (χ3n) is 2.12. The summed E-state index contributed by atoms with van der Waals surface area (Å²) in [6.07, 6.45) is 0. The number of allylic oxidation sites excluding steroid dienone is 1. The van der Waals surface area contributed by atoms with Crippen molar-refractivity contribution < 1.29 is 33.5 Å². The van der Waals surface area contributed by atoms with Crippen molar-refractivity contribution in [2.45, 2.75) is 18.7 Å². The standard InChI is InChI=1S/C12H13ClO3S.Li/c1-3-16-12(15)7(2)11(14)9-6-8(17)4-5-10(9)13;/h4-6,15,17H,3H2,1-2H3;/q;+1/p-1. The largest absolute Gasteiger partial charge is 1.00 e. The first kappa shape index (κ1) is 17.5. The molecular formula is C12H12ClLiO3S. The molecular weight excluding hydrogens is 267 g/mol. The Kier molecular flexibility index (Phi) is 7.57. The molecule has 0 heterocycles. The molecule has 1 aromatic rings. The first-order chi connectivity index (χ1) is 7.97. The molecule has 1 rings (SSSR count). The minimum atomic E-state index is -0.627. The van der Waals surface area contributed by atoms with Gasteiger partial charge in [-0.15, -0.1) is 12.6 Å². The Labute approximate surface area is 129 Å². The van der Waals surface area contributed by atoms with Gasteiger partial charge in [-0.2, -0.15) is 0 Å². The SMILES string of the molecule is CCOC([O-])=C(C)C(=O)c1cc(S)ccc1Cl.[Li+]. The molecule has 0 bridgehead atoms. The van der Waals surface area contributed by atoms with Gasteiger partial charge in [0.1, 0.15) is 0 Å². The molecule has 6 heteroatoms. The fourth-order valence-electron chi connectivity index (χ4n) is 1.22. The number of carbonyl (C=O) groups excluding carboxylic acids is 1. The van der Waals surface area contributed by atoms with Crippen LogP contribution in [0, 0.1) is 0 Å². The van der Waals surface area contributed by atoms with Crippen LogP contribution in [0.2, 0.25) is 5.02 Å². The molecule has 0 saturated heterocycles. The van der Waals surface area contributed by atoms with Crippen molar-refractivity contribution in [2.24, 2.45) is 0 Å². The van der Waals surface area contributed by atoms with E-state index in [-0.39, 0.29) is 41.6 Å². The second-order valence-corrected chi connectivity index (χ2v) is 4.26. The Bertz CT molecular complexity index is 474. The molecule has 0 unspecified atom stereocenters. The summed E-state index contributed by atoms with van der Waals surface area (Å²) in [4.78, 5) is 12.6. The summed E-state index contributed by atoms with van der Waals surface area (Å²) in [7, 11) is 0. The van der Waals surface area contributed by atoms with E-state index in [0.717, 1.165) is 0 Å². The van der Waals surface area contributed by atoms with Gasteiger partial charge >= 0.3 is 18.9 Å². The fraction of sp³-hybridized carbons (Fsp3) is 0.250. The second kappa shape index (κ2) is 7.80. The number of ketones is 1. The first-order valence-corrected chi connectivity index (χ1v) is 5.83. The van der Waals surface area contributed by atoms with Crippen LogP contribution in [0.3, 0.4) is 0 Å². The molecule has 0 radical (unpaired) electrons. The number of hydrogen-bond donors (Lipinski definition) is 1. The molecule has 0 spiro atoms. The number of rotatable bonds is 4. The second-order valence-electron chi connectivity index (χ2n) is 3.34. The molecule has 0 aliphatic heterocycles. The van der Waals surface area contributed by atoms with Crippen molar-refractivity contribution in [1.29, 1.82) is 0 Å². The Balaban J connectivity index is 0.00000289. The van der Waals surface area contributed by atoms with E-state index in [1.807, 2.05) is 0 Å². The third-order valence-corrected chi connectivity index (χ3v) is 2.72. The van der Waals surface area contributed by atoms with Gasteiger partial charge < -0.3 is 9.84 Å². The van der Waals surface area contributed by atoms with Crippen molar-refractivity contribution in [3.05, 3.63) is 40.3 Å². The van der Waals surface area contributed by atoms with Crippen molar-refractivity contribution in [2.75, 3.05) is 6.61 Å². The van der Waals surface area contributed by atoms with E-state index in [2.05, 4.69) is 12.6 Å². The molecule has 0 aliphatic rings. The Morgan fingerprint density at radius 3 is 2.67 bits per heavy atom. The Morgan fingerprint density at radius 2 is 2.11 bits per heavy atom. The van der Waals surface area contributed by atoms with Gasteiger partial charge in [0.2, 0.25) is 0 Å². The zero-order chi connectivity index (χ0) is 13.0. The average molecular weight is 279 g/mol. The quantitative estimate of drug-likeness (QED) is 0.264. The number of halogens is 1. The molecule has 92 valence electrons. The van der Waals surface area contributed by atoms with Gasteiger partial charge in [0.15, 0.2) is 5.78 Å². The van der Waals surface area contributed by atoms with Gasteiger partial charge in [-0.1, -0.05) is 18.5 Å². The fourth-order valence-corrected chi connectivity index (χ4v) is 1.63. The normalized spacial score (nSPS) is 11.3. The number of carbonyl (C=O) groups is 1. The number of ether oxygens (including phenoxy) is 1. The van der Waals surface area contributed by atoms with Crippen LogP contribution in [0.1, 0.15) is 24.2 Å². The summed E-state index contributed by atoms with van der Waals surface area (Å²) in [6.45, 7) is 3.32. The van der Waals surface area contributed by atoms with E-state index >= 15 is 0 Å². The summed E-state index contributed by atoms with van der Waals surface area (Å²) in [6, 6.07) is 4.76. The predicted octanol–water partition coefficient (Wildman–Crippen LogP) is -0.556. The van der Waals surface area contributed by atoms with Crippen LogP contribution in [0.25, 0.3) is 0 Å². The van der Waals surface area contributed by atoms with Crippen LogP contribution in [0.4, 0.5) is 0 Å². The molecule has 0 atom stereocenters. The van der Waals surface area contributed by atoms with E-state index < -0.39 is 11.7 Å². The molecule has 0 aliphatic carbocycles. The third kappa shape index (κ3) is 4.29. The molecule has 0 saturated carbocycles. The monoisotopic (exact) mass is 278 g/mol. The van der Waals surface area contributed by atoms with Gasteiger partial charge in [0, 0.05) is 16.0 Å². The molecule has 18 heavy (non-hydrogen) atoms. The minimum Gasteiger partial charge on any atom is -0.613 e. The van der Waals surface area contributed by atoms with Gasteiger partial charge in [-0.25, -0.2) is 0 Å². The summed E-state index contributed by atoms with van der Waals surface area (Å²) >= 11 is 10.0. The number of Topliss-reactive ketones (excluding diaryl/α,β-unsaturated/α-hetero) is 1. The van der Waals surface area contributed by atoms with E-state index in [1.54, 1.807) is 19.1 Å². The van der Waals surface area contributed by atoms with Gasteiger partial charge in [-0.05, 0) is 31.7 Å². The smallest absolute Gasteiger partial charge is 0.613 e. The van der Waals surface area contributed by atoms with E-state index in [9.17, 15) is 9.90 Å². The van der Waals surface area contributed by atoms with Crippen molar-refractivity contribution in [3.8, 4) is 0 Å². The van der Waals surface area contributed by atoms with Crippen LogP contribution >= 0.6 is 24.2 Å². The van der Waals surface area contributed by atoms with Crippen LogP contribution in [-0.4, -0.2) is 12.4 Å². The molecule has 3 nitrogen and oxygen atoms in total. The first-order valence-electron chi connectivity index (χ1n) is 5.01. The molecule has 0 N–H and O–H groups in total. The summed E-state index contributed by atoms with van der Waals surface area (Å²) in [5.74, 6) is -1.07.